The molecule has 72 valence electrons. The predicted octanol–water partition coefficient (Wildman–Crippen LogP) is 0.848. The van der Waals surface area contributed by atoms with Crippen LogP contribution in [0.4, 0.5) is 0 Å². The van der Waals surface area contributed by atoms with Crippen molar-refractivity contribution in [2.24, 2.45) is 0 Å². The van der Waals surface area contributed by atoms with E-state index in [1.165, 1.54) is 0 Å². The molecule has 0 amide bonds. The van der Waals surface area contributed by atoms with Gasteiger partial charge in [0.1, 0.15) is 6.10 Å². The molecule has 0 aromatic carbocycles. The van der Waals surface area contributed by atoms with E-state index in [4.69, 9.17) is 4.74 Å². The van der Waals surface area contributed by atoms with Crippen molar-refractivity contribution in [3.63, 3.8) is 0 Å². The number of nitrogens with zero attached hydrogens (tertiary/aromatic N) is 1. The van der Waals surface area contributed by atoms with Crippen molar-refractivity contribution in [3.8, 4) is 0 Å². The van der Waals surface area contributed by atoms with Crippen molar-refractivity contribution in [1.29, 1.82) is 0 Å². The molecular weight excluding hydrogens is 166 g/mol. The van der Waals surface area contributed by atoms with Crippen LogP contribution in [0.25, 0.3) is 0 Å². The van der Waals surface area contributed by atoms with E-state index in [2.05, 4.69) is 29.4 Å². The molecular formula is C9H15N3O. The number of morpholine rings is 1. The summed E-state index contributed by atoms with van der Waals surface area (Å²) in [7, 11) is 0. The molecule has 0 spiro atoms. The van der Waals surface area contributed by atoms with Crippen LogP contribution in [0.15, 0.2) is 12.4 Å². The zero-order chi connectivity index (χ0) is 9.26. The smallest absolute Gasteiger partial charge is 0.101 e. The number of rotatable bonds is 1. The van der Waals surface area contributed by atoms with Gasteiger partial charge in [0.2, 0.25) is 0 Å². The van der Waals surface area contributed by atoms with Crippen LogP contribution < -0.4 is 5.32 Å². The van der Waals surface area contributed by atoms with E-state index in [0.29, 0.717) is 6.04 Å². The van der Waals surface area contributed by atoms with Gasteiger partial charge in [-0.2, -0.15) is 5.10 Å². The molecule has 0 bridgehead atoms. The molecule has 2 heterocycles. The van der Waals surface area contributed by atoms with Gasteiger partial charge in [-0.05, 0) is 13.8 Å². The van der Waals surface area contributed by atoms with Crippen LogP contribution in [-0.2, 0) is 4.74 Å². The normalized spacial score (nSPS) is 34.8. The molecule has 0 saturated carbocycles. The second-order valence-corrected chi connectivity index (χ2v) is 3.60. The Morgan fingerprint density at radius 2 is 2.38 bits per heavy atom. The fraction of sp³-hybridized carbons (Fsp3) is 0.667. The van der Waals surface area contributed by atoms with Gasteiger partial charge in [-0.1, -0.05) is 0 Å². The van der Waals surface area contributed by atoms with Crippen LogP contribution in [0.3, 0.4) is 0 Å². The first-order chi connectivity index (χ1) is 6.27. The second-order valence-electron chi connectivity index (χ2n) is 3.60. The summed E-state index contributed by atoms with van der Waals surface area (Å²) in [5, 5.41) is 10.1. The third-order valence-corrected chi connectivity index (χ3v) is 2.41. The van der Waals surface area contributed by atoms with Crippen molar-refractivity contribution < 1.29 is 4.74 Å². The number of hydrogen-bond acceptors (Lipinski definition) is 3. The molecule has 13 heavy (non-hydrogen) atoms. The van der Waals surface area contributed by atoms with Gasteiger partial charge in [0.05, 0.1) is 12.3 Å². The Balaban J connectivity index is 2.12. The first kappa shape index (κ1) is 8.72. The highest BCUT2D eigenvalue weighted by molar-refractivity contribution is 5.10. The molecule has 1 aliphatic heterocycles. The Bertz CT molecular complexity index is 260. The van der Waals surface area contributed by atoms with Gasteiger partial charge in [-0.25, -0.2) is 0 Å². The lowest BCUT2D eigenvalue weighted by Gasteiger charge is -2.33. The molecule has 1 aliphatic rings. The molecule has 1 aromatic rings. The van der Waals surface area contributed by atoms with Gasteiger partial charge >= 0.3 is 0 Å². The summed E-state index contributed by atoms with van der Waals surface area (Å²) in [4.78, 5) is 0. The first-order valence-electron chi connectivity index (χ1n) is 4.65. The van der Waals surface area contributed by atoms with Gasteiger partial charge in [-0.15, -0.1) is 0 Å². The molecule has 2 rings (SSSR count). The van der Waals surface area contributed by atoms with Crippen molar-refractivity contribution >= 4 is 0 Å². The maximum Gasteiger partial charge on any atom is 0.101 e. The van der Waals surface area contributed by atoms with E-state index >= 15 is 0 Å². The average molecular weight is 181 g/mol. The highest BCUT2D eigenvalue weighted by Gasteiger charge is 2.27. The third kappa shape index (κ3) is 1.73. The molecule has 3 unspecified atom stereocenters. The van der Waals surface area contributed by atoms with Crippen LogP contribution in [0.5, 0.6) is 0 Å². The van der Waals surface area contributed by atoms with E-state index < -0.39 is 0 Å². The van der Waals surface area contributed by atoms with E-state index in [1.807, 2.05) is 12.4 Å². The van der Waals surface area contributed by atoms with Gasteiger partial charge in [0.15, 0.2) is 0 Å². The van der Waals surface area contributed by atoms with E-state index in [0.717, 1.165) is 12.1 Å². The van der Waals surface area contributed by atoms with Gasteiger partial charge in [0, 0.05) is 24.3 Å². The Morgan fingerprint density at radius 3 is 3.08 bits per heavy atom. The lowest BCUT2D eigenvalue weighted by molar-refractivity contribution is -0.0520. The van der Waals surface area contributed by atoms with E-state index in [1.54, 1.807) is 0 Å². The fourth-order valence-electron chi connectivity index (χ4n) is 1.66. The molecule has 1 saturated heterocycles. The summed E-state index contributed by atoms with van der Waals surface area (Å²) in [6.07, 6.45) is 4.11. The Labute approximate surface area is 77.7 Å². The topological polar surface area (TPSA) is 49.9 Å². The first-order valence-corrected chi connectivity index (χ1v) is 4.65. The van der Waals surface area contributed by atoms with Crippen molar-refractivity contribution in [3.05, 3.63) is 18.0 Å². The predicted molar refractivity (Wildman–Crippen MR) is 49.3 cm³/mol. The summed E-state index contributed by atoms with van der Waals surface area (Å²) in [6.45, 7) is 5.13. The molecule has 4 nitrogen and oxygen atoms in total. The minimum Gasteiger partial charge on any atom is -0.368 e. The zero-order valence-electron chi connectivity index (χ0n) is 7.95. The van der Waals surface area contributed by atoms with Crippen molar-refractivity contribution in [2.75, 3.05) is 6.54 Å². The molecule has 1 aromatic heterocycles. The number of nitrogens with one attached hydrogen (secondary N) is 2. The molecule has 0 radical (unpaired) electrons. The Hall–Kier alpha value is -0.870. The molecule has 3 atom stereocenters. The van der Waals surface area contributed by atoms with Gasteiger partial charge < -0.3 is 10.1 Å². The summed E-state index contributed by atoms with van der Waals surface area (Å²) < 4.78 is 5.82. The van der Waals surface area contributed by atoms with Crippen molar-refractivity contribution in [1.82, 2.24) is 15.5 Å². The lowest BCUT2D eigenvalue weighted by Crippen LogP contribution is -2.45. The molecule has 1 fully saturated rings. The maximum atomic E-state index is 5.82. The number of hydrogen-bond donors (Lipinski definition) is 2. The third-order valence-electron chi connectivity index (χ3n) is 2.41. The molecule has 4 heteroatoms. The zero-order valence-corrected chi connectivity index (χ0v) is 7.95. The van der Waals surface area contributed by atoms with Crippen LogP contribution in [0.2, 0.25) is 0 Å². The SMILES string of the molecule is CC1CNC(C)C(c2cn[nH]c2)O1. The average Bonchev–Trinajstić information content (AvgIpc) is 2.61. The Kier molecular flexibility index (Phi) is 2.33. The largest absolute Gasteiger partial charge is 0.368 e. The lowest BCUT2D eigenvalue weighted by atomic mass is 10.0. The van der Waals surface area contributed by atoms with Crippen molar-refractivity contribution in [2.45, 2.75) is 32.1 Å². The number of aromatic amines is 1. The van der Waals surface area contributed by atoms with Gasteiger partial charge in [-0.3, -0.25) is 5.10 Å². The van der Waals surface area contributed by atoms with Crippen LogP contribution in [0.1, 0.15) is 25.5 Å². The molecule has 0 aliphatic carbocycles. The van der Waals surface area contributed by atoms with Crippen LogP contribution in [-0.4, -0.2) is 28.9 Å². The fourth-order valence-corrected chi connectivity index (χ4v) is 1.66. The quantitative estimate of drug-likeness (QED) is 0.675. The summed E-state index contributed by atoms with van der Waals surface area (Å²) in [5.74, 6) is 0. The summed E-state index contributed by atoms with van der Waals surface area (Å²) in [6, 6.07) is 0.355. The minimum atomic E-state index is 0.127. The monoisotopic (exact) mass is 181 g/mol. The van der Waals surface area contributed by atoms with E-state index in [9.17, 15) is 0 Å². The number of ether oxygens (including phenoxy) is 1. The minimum absolute atomic E-state index is 0.127. The highest BCUT2D eigenvalue weighted by atomic mass is 16.5. The highest BCUT2D eigenvalue weighted by Crippen LogP contribution is 2.24. The second kappa shape index (κ2) is 3.47. The summed E-state index contributed by atoms with van der Waals surface area (Å²) in [5.41, 5.74) is 1.12. The maximum absolute atomic E-state index is 5.82. The molecule has 2 N–H and O–H groups in total. The summed E-state index contributed by atoms with van der Waals surface area (Å²) >= 11 is 0. The van der Waals surface area contributed by atoms with Crippen LogP contribution >= 0.6 is 0 Å². The standard InChI is InChI=1S/C9H15N3O/c1-6-3-10-7(2)9(13-6)8-4-11-12-5-8/h4-7,9-10H,3H2,1-2H3,(H,11,12). The van der Waals surface area contributed by atoms with Gasteiger partial charge in [0.25, 0.3) is 0 Å². The van der Waals surface area contributed by atoms with E-state index in [-0.39, 0.29) is 12.2 Å². The Morgan fingerprint density at radius 1 is 1.54 bits per heavy atom. The number of H-pyrrole nitrogens is 1. The number of aromatic nitrogens is 2. The van der Waals surface area contributed by atoms with Crippen LogP contribution in [0, 0.1) is 0 Å².